The highest BCUT2D eigenvalue weighted by atomic mass is 32.2. The van der Waals surface area contributed by atoms with Crippen LogP contribution in [0.15, 0.2) is 52.9 Å². The molecule has 0 N–H and O–H groups in total. The van der Waals surface area contributed by atoms with E-state index in [1.807, 2.05) is 11.8 Å². The summed E-state index contributed by atoms with van der Waals surface area (Å²) in [7, 11) is 0. The van der Waals surface area contributed by atoms with Crippen molar-refractivity contribution in [3.8, 4) is 0 Å². The van der Waals surface area contributed by atoms with E-state index in [-0.39, 0.29) is 4.75 Å². The Hall–Kier alpha value is -1.06. The molecule has 1 aromatic carbocycles. The molecule has 0 saturated heterocycles. The zero-order valence-corrected chi connectivity index (χ0v) is 11.9. The number of hydrogen-bond acceptors (Lipinski definition) is 3. The van der Waals surface area contributed by atoms with E-state index >= 15 is 0 Å². The molecule has 18 heavy (non-hydrogen) atoms. The van der Waals surface area contributed by atoms with Crippen molar-refractivity contribution in [3.05, 3.63) is 48.6 Å². The molecule has 1 atom stereocenters. The molecule has 0 radical (unpaired) electrons. The number of allylic oxidation sites excluding steroid dienone is 3. The zero-order valence-electron chi connectivity index (χ0n) is 10.3. The Morgan fingerprint density at radius 3 is 2.94 bits per heavy atom. The van der Waals surface area contributed by atoms with Crippen molar-refractivity contribution < 1.29 is 0 Å². The minimum absolute atomic E-state index is 0.197. The molecule has 0 fully saturated rings. The van der Waals surface area contributed by atoms with Crippen LogP contribution in [0.5, 0.6) is 0 Å². The minimum Gasteiger partial charge on any atom is -0.230 e. The summed E-state index contributed by atoms with van der Waals surface area (Å²) in [6.45, 7) is 2.25. The van der Waals surface area contributed by atoms with Crippen LogP contribution < -0.4 is 0 Å². The molecule has 1 aromatic heterocycles. The Kier molecular flexibility index (Phi) is 3.27. The number of benzene rings is 1. The van der Waals surface area contributed by atoms with Gasteiger partial charge >= 0.3 is 0 Å². The average molecular weight is 273 g/mol. The maximum Gasteiger partial charge on any atom is 0.151 e. The van der Waals surface area contributed by atoms with Crippen molar-refractivity contribution in [2.75, 3.05) is 0 Å². The second kappa shape index (κ2) is 4.90. The number of fused-ring (bicyclic) bond motifs is 1. The van der Waals surface area contributed by atoms with Crippen molar-refractivity contribution in [1.82, 2.24) is 4.98 Å². The summed E-state index contributed by atoms with van der Waals surface area (Å²) in [5, 5.41) is 0. The minimum atomic E-state index is 0.197. The largest absolute Gasteiger partial charge is 0.230 e. The van der Waals surface area contributed by atoms with Crippen LogP contribution in [0.4, 0.5) is 0 Å². The monoisotopic (exact) mass is 273 g/mol. The summed E-state index contributed by atoms with van der Waals surface area (Å²) in [5.41, 5.74) is 1.12. The number of aromatic nitrogens is 1. The Morgan fingerprint density at radius 2 is 2.22 bits per heavy atom. The van der Waals surface area contributed by atoms with E-state index in [0.717, 1.165) is 18.4 Å². The zero-order chi connectivity index (χ0) is 12.4. The average Bonchev–Trinajstić information content (AvgIpc) is 2.81. The van der Waals surface area contributed by atoms with Crippen molar-refractivity contribution in [1.29, 1.82) is 0 Å². The van der Waals surface area contributed by atoms with Crippen LogP contribution in [0.3, 0.4) is 0 Å². The van der Waals surface area contributed by atoms with Crippen LogP contribution in [-0.4, -0.2) is 9.73 Å². The molecule has 1 aliphatic rings. The van der Waals surface area contributed by atoms with Gasteiger partial charge in [0.25, 0.3) is 0 Å². The summed E-state index contributed by atoms with van der Waals surface area (Å²) >= 11 is 3.71. The topological polar surface area (TPSA) is 12.9 Å². The molecule has 3 rings (SSSR count). The first-order valence-electron chi connectivity index (χ1n) is 6.20. The molecule has 2 aromatic rings. The molecule has 0 amide bonds. The number of para-hydroxylation sites is 1. The van der Waals surface area contributed by atoms with Gasteiger partial charge in [-0.15, -0.1) is 11.3 Å². The Bertz CT molecular complexity index is 579. The highest BCUT2D eigenvalue weighted by Crippen LogP contribution is 2.43. The Labute approximate surface area is 116 Å². The van der Waals surface area contributed by atoms with Crippen molar-refractivity contribution in [3.63, 3.8) is 0 Å². The maximum absolute atomic E-state index is 4.72. The third-order valence-electron chi connectivity index (χ3n) is 3.27. The molecule has 1 heterocycles. The van der Waals surface area contributed by atoms with Crippen LogP contribution in [0.25, 0.3) is 10.2 Å². The lowest BCUT2D eigenvalue weighted by molar-refractivity contribution is 0.688. The van der Waals surface area contributed by atoms with Gasteiger partial charge < -0.3 is 0 Å². The predicted molar refractivity (Wildman–Crippen MR) is 81.4 cm³/mol. The van der Waals surface area contributed by atoms with E-state index in [2.05, 4.69) is 55.5 Å². The van der Waals surface area contributed by atoms with Gasteiger partial charge in [0.15, 0.2) is 4.34 Å². The molecule has 1 aliphatic carbocycles. The molecule has 1 nitrogen and oxygen atoms in total. The van der Waals surface area contributed by atoms with Gasteiger partial charge in [-0.05, 0) is 25.0 Å². The van der Waals surface area contributed by atoms with Crippen LogP contribution in [0.2, 0.25) is 0 Å². The van der Waals surface area contributed by atoms with Crippen LogP contribution in [-0.2, 0) is 0 Å². The summed E-state index contributed by atoms with van der Waals surface area (Å²) in [4.78, 5) is 4.72. The molecule has 1 unspecified atom stereocenters. The van der Waals surface area contributed by atoms with E-state index in [1.165, 1.54) is 9.04 Å². The third kappa shape index (κ3) is 2.25. The van der Waals surface area contributed by atoms with Crippen LogP contribution in [0, 0.1) is 0 Å². The molecular weight excluding hydrogens is 258 g/mol. The lowest BCUT2D eigenvalue weighted by Crippen LogP contribution is -2.20. The van der Waals surface area contributed by atoms with E-state index in [0.29, 0.717) is 0 Å². The quantitative estimate of drug-likeness (QED) is 0.776. The molecular formula is C15H15NS2. The normalized spacial score (nSPS) is 22.7. The van der Waals surface area contributed by atoms with Crippen molar-refractivity contribution >= 4 is 33.3 Å². The van der Waals surface area contributed by atoms with Gasteiger partial charge in [-0.3, -0.25) is 0 Å². The first kappa shape index (κ1) is 12.0. The first-order chi connectivity index (χ1) is 8.81. The van der Waals surface area contributed by atoms with Crippen molar-refractivity contribution in [2.24, 2.45) is 0 Å². The number of thioether (sulfide) groups is 1. The molecule has 3 heteroatoms. The lowest BCUT2D eigenvalue weighted by Gasteiger charge is -2.27. The predicted octanol–water partition coefficient (Wildman–Crippen LogP) is 5.05. The second-order valence-corrected chi connectivity index (χ2v) is 7.15. The van der Waals surface area contributed by atoms with Gasteiger partial charge in [0.1, 0.15) is 0 Å². The smallest absolute Gasteiger partial charge is 0.151 e. The van der Waals surface area contributed by atoms with Gasteiger partial charge in [-0.2, -0.15) is 0 Å². The fraction of sp³-hybridized carbons (Fsp3) is 0.267. The van der Waals surface area contributed by atoms with Gasteiger partial charge in [0.05, 0.1) is 10.2 Å². The maximum atomic E-state index is 4.72. The standard InChI is InChI=1S/C15H15NS2/c1-2-15(10-6-3-7-11-15)18-14-16-12-8-4-5-9-13(12)17-14/h3-10H,2,11H2,1H3. The number of thiazole rings is 1. The van der Waals surface area contributed by atoms with E-state index < -0.39 is 0 Å². The van der Waals surface area contributed by atoms with E-state index in [9.17, 15) is 0 Å². The number of rotatable bonds is 3. The van der Waals surface area contributed by atoms with Crippen LogP contribution in [0.1, 0.15) is 19.8 Å². The third-order valence-corrected chi connectivity index (χ3v) is 5.87. The lowest BCUT2D eigenvalue weighted by atomic mass is 9.97. The van der Waals surface area contributed by atoms with Gasteiger partial charge in [-0.1, -0.05) is 55.1 Å². The molecule has 92 valence electrons. The second-order valence-electron chi connectivity index (χ2n) is 4.46. The number of hydrogen-bond donors (Lipinski definition) is 0. The Morgan fingerprint density at radius 1 is 1.33 bits per heavy atom. The van der Waals surface area contributed by atoms with Crippen molar-refractivity contribution in [2.45, 2.75) is 28.9 Å². The molecule has 0 aliphatic heterocycles. The van der Waals surface area contributed by atoms with Gasteiger partial charge in [0.2, 0.25) is 0 Å². The molecule has 0 bridgehead atoms. The number of nitrogens with zero attached hydrogens (tertiary/aromatic N) is 1. The summed E-state index contributed by atoms with van der Waals surface area (Å²) in [5.74, 6) is 0. The highest BCUT2D eigenvalue weighted by molar-refractivity contribution is 8.02. The van der Waals surface area contributed by atoms with E-state index in [4.69, 9.17) is 4.98 Å². The summed E-state index contributed by atoms with van der Waals surface area (Å²) in [6, 6.07) is 8.36. The molecule has 0 saturated carbocycles. The fourth-order valence-corrected chi connectivity index (χ4v) is 4.72. The highest BCUT2D eigenvalue weighted by Gasteiger charge is 2.27. The first-order valence-corrected chi connectivity index (χ1v) is 7.84. The van der Waals surface area contributed by atoms with Gasteiger partial charge in [-0.25, -0.2) is 4.98 Å². The SMILES string of the molecule is CCC1(Sc2nc3ccccc3s2)C=CC=CC1. The van der Waals surface area contributed by atoms with Gasteiger partial charge in [0, 0.05) is 4.75 Å². The summed E-state index contributed by atoms with van der Waals surface area (Å²) in [6.07, 6.45) is 11.1. The van der Waals surface area contributed by atoms with Crippen LogP contribution >= 0.6 is 23.1 Å². The Balaban J connectivity index is 1.91. The fourth-order valence-electron chi connectivity index (χ4n) is 2.12. The molecule has 0 spiro atoms. The summed E-state index contributed by atoms with van der Waals surface area (Å²) < 4.78 is 2.65. The van der Waals surface area contributed by atoms with E-state index in [1.54, 1.807) is 11.3 Å².